The molecule has 0 bridgehead atoms. The summed E-state index contributed by atoms with van der Waals surface area (Å²) in [5.41, 5.74) is 3.86. The van der Waals surface area contributed by atoms with Gasteiger partial charge in [-0.15, -0.1) is 0 Å². The van der Waals surface area contributed by atoms with E-state index in [0.717, 1.165) is 30.7 Å². The van der Waals surface area contributed by atoms with Gasteiger partial charge < -0.3 is 19.3 Å². The largest absolute Gasteiger partial charge is 0.372 e. The first kappa shape index (κ1) is 18.0. The van der Waals surface area contributed by atoms with E-state index in [1.165, 1.54) is 11.4 Å². The molecule has 4 heterocycles. The minimum absolute atomic E-state index is 0.0369. The molecule has 0 radical (unpaired) electrons. The standard InChI is InChI=1S/C23H26N4O2/c1-16(2)14-17-15-19(25-29-17)22(28)26-12-9-23(10-13-26)21-8-5-11-27(21)20-7-4-3-6-18(20)24-23/h3-8,11,15-16,24H,9-10,12-14H2,1-2H3. The Bertz CT molecular complexity index is 1040. The van der Waals surface area contributed by atoms with Gasteiger partial charge in [-0.3, -0.25) is 4.79 Å². The van der Waals surface area contributed by atoms with Crippen LogP contribution in [-0.2, 0) is 12.0 Å². The van der Waals surface area contributed by atoms with Gasteiger partial charge >= 0.3 is 0 Å². The van der Waals surface area contributed by atoms with Crippen molar-refractivity contribution >= 4 is 11.6 Å². The average molecular weight is 390 g/mol. The summed E-state index contributed by atoms with van der Waals surface area (Å²) in [5, 5.41) is 7.81. The fourth-order valence-electron chi connectivity index (χ4n) is 4.64. The first-order valence-corrected chi connectivity index (χ1v) is 10.4. The molecule has 6 nitrogen and oxygen atoms in total. The Morgan fingerprint density at radius 1 is 1.21 bits per heavy atom. The number of nitrogens with one attached hydrogen (secondary N) is 1. The van der Waals surface area contributed by atoms with Crippen molar-refractivity contribution in [2.24, 2.45) is 5.92 Å². The van der Waals surface area contributed by atoms with Crippen LogP contribution in [0.3, 0.4) is 0 Å². The van der Waals surface area contributed by atoms with Gasteiger partial charge in [-0.2, -0.15) is 0 Å². The summed E-state index contributed by atoms with van der Waals surface area (Å²) in [6, 6.07) is 14.5. The van der Waals surface area contributed by atoms with Gasteiger partial charge in [0.1, 0.15) is 5.76 Å². The molecule has 1 saturated heterocycles. The maximum absolute atomic E-state index is 12.9. The number of likely N-dealkylation sites (tertiary alicyclic amines) is 1. The van der Waals surface area contributed by atoms with E-state index in [2.05, 4.69) is 71.5 Å². The topological polar surface area (TPSA) is 63.3 Å². The normalized spacial score (nSPS) is 17.1. The maximum Gasteiger partial charge on any atom is 0.276 e. The third kappa shape index (κ3) is 3.03. The molecule has 0 saturated carbocycles. The number of piperidine rings is 1. The maximum atomic E-state index is 12.9. The number of rotatable bonds is 3. The first-order valence-electron chi connectivity index (χ1n) is 10.4. The molecule has 2 aliphatic rings. The van der Waals surface area contributed by atoms with Crippen LogP contribution in [-0.4, -0.2) is 33.6 Å². The second kappa shape index (κ2) is 6.79. The number of para-hydroxylation sites is 2. The Morgan fingerprint density at radius 3 is 2.79 bits per heavy atom. The Labute approximate surface area is 170 Å². The number of nitrogens with zero attached hydrogens (tertiary/aromatic N) is 3. The summed E-state index contributed by atoms with van der Waals surface area (Å²) in [6.07, 6.45) is 4.63. The number of hydrogen-bond acceptors (Lipinski definition) is 4. The van der Waals surface area contributed by atoms with Crippen molar-refractivity contribution in [1.29, 1.82) is 0 Å². The van der Waals surface area contributed by atoms with Crippen molar-refractivity contribution in [1.82, 2.24) is 14.6 Å². The zero-order chi connectivity index (χ0) is 20.0. The summed E-state index contributed by atoms with van der Waals surface area (Å²) >= 11 is 0. The number of amides is 1. The van der Waals surface area contributed by atoms with Crippen LogP contribution in [0.5, 0.6) is 0 Å². The van der Waals surface area contributed by atoms with Crippen LogP contribution in [0.2, 0.25) is 0 Å². The number of hydrogen-bond donors (Lipinski definition) is 1. The molecule has 2 aliphatic heterocycles. The van der Waals surface area contributed by atoms with Gasteiger partial charge in [-0.05, 0) is 43.0 Å². The number of carbonyl (C=O) groups excluding carboxylic acids is 1. The number of carbonyl (C=O) groups is 1. The van der Waals surface area contributed by atoms with Crippen molar-refractivity contribution in [3.8, 4) is 5.69 Å². The monoisotopic (exact) mass is 390 g/mol. The highest BCUT2D eigenvalue weighted by Crippen LogP contribution is 2.43. The highest BCUT2D eigenvalue weighted by molar-refractivity contribution is 5.92. The molecule has 0 atom stereocenters. The van der Waals surface area contributed by atoms with Crippen LogP contribution in [0.15, 0.2) is 53.2 Å². The van der Waals surface area contributed by atoms with Crippen LogP contribution in [0, 0.1) is 5.92 Å². The molecule has 0 aliphatic carbocycles. The van der Waals surface area contributed by atoms with Crippen molar-refractivity contribution < 1.29 is 9.32 Å². The highest BCUT2D eigenvalue weighted by Gasteiger charge is 2.42. The minimum Gasteiger partial charge on any atom is -0.372 e. The van der Waals surface area contributed by atoms with Crippen LogP contribution >= 0.6 is 0 Å². The molecule has 1 amide bonds. The summed E-state index contributed by atoms with van der Waals surface area (Å²) in [5.74, 6) is 1.21. The van der Waals surface area contributed by atoms with E-state index < -0.39 is 0 Å². The van der Waals surface area contributed by atoms with E-state index in [1.54, 1.807) is 6.07 Å². The summed E-state index contributed by atoms with van der Waals surface area (Å²) in [7, 11) is 0. The van der Waals surface area contributed by atoms with E-state index in [-0.39, 0.29) is 11.4 Å². The second-order valence-electron chi connectivity index (χ2n) is 8.56. The Kier molecular flexibility index (Phi) is 4.23. The summed E-state index contributed by atoms with van der Waals surface area (Å²) in [4.78, 5) is 14.8. The minimum atomic E-state index is -0.152. The predicted octanol–water partition coefficient (Wildman–Crippen LogP) is 4.22. The molecule has 1 N–H and O–H groups in total. The van der Waals surface area contributed by atoms with E-state index in [0.29, 0.717) is 24.7 Å². The lowest BCUT2D eigenvalue weighted by molar-refractivity contribution is 0.0666. The highest BCUT2D eigenvalue weighted by atomic mass is 16.5. The fraction of sp³-hybridized carbons (Fsp3) is 0.391. The predicted molar refractivity (Wildman–Crippen MR) is 111 cm³/mol. The molecular weight excluding hydrogens is 364 g/mol. The molecule has 29 heavy (non-hydrogen) atoms. The lowest BCUT2D eigenvalue weighted by Gasteiger charge is -2.46. The van der Waals surface area contributed by atoms with E-state index in [9.17, 15) is 4.79 Å². The Morgan fingerprint density at radius 2 is 2.00 bits per heavy atom. The fourth-order valence-corrected chi connectivity index (χ4v) is 4.64. The SMILES string of the molecule is CC(C)Cc1cc(C(=O)N2CCC3(CC2)Nc2ccccc2-n2cccc23)no1. The molecule has 150 valence electrons. The molecule has 5 rings (SSSR count). The number of anilines is 1. The Hall–Kier alpha value is -3.02. The van der Waals surface area contributed by atoms with Crippen molar-refractivity contribution in [3.63, 3.8) is 0 Å². The molecule has 1 spiro atoms. The molecule has 6 heteroatoms. The van der Waals surface area contributed by atoms with Crippen molar-refractivity contribution in [3.05, 3.63) is 65.8 Å². The lowest BCUT2D eigenvalue weighted by Crippen LogP contribution is -2.51. The van der Waals surface area contributed by atoms with Crippen LogP contribution in [0.4, 0.5) is 5.69 Å². The molecular formula is C23H26N4O2. The zero-order valence-corrected chi connectivity index (χ0v) is 16.9. The molecule has 2 aromatic heterocycles. The van der Waals surface area contributed by atoms with Gasteiger partial charge in [0.2, 0.25) is 0 Å². The number of benzene rings is 1. The summed E-state index contributed by atoms with van der Waals surface area (Å²) < 4.78 is 7.64. The van der Waals surface area contributed by atoms with Gasteiger partial charge in [-0.1, -0.05) is 31.1 Å². The first-order chi connectivity index (χ1) is 14.1. The zero-order valence-electron chi connectivity index (χ0n) is 16.9. The van der Waals surface area contributed by atoms with Crippen LogP contribution in [0.1, 0.15) is 48.6 Å². The third-order valence-corrected chi connectivity index (χ3v) is 6.07. The van der Waals surface area contributed by atoms with E-state index in [1.807, 2.05) is 4.90 Å². The number of fused-ring (bicyclic) bond motifs is 4. The lowest BCUT2D eigenvalue weighted by atomic mass is 9.82. The molecule has 0 unspecified atom stereocenters. The third-order valence-electron chi connectivity index (χ3n) is 6.07. The van der Waals surface area contributed by atoms with Gasteiger partial charge in [0, 0.05) is 37.5 Å². The molecule has 3 aromatic rings. The molecule has 1 fully saturated rings. The van der Waals surface area contributed by atoms with Crippen molar-refractivity contribution in [2.45, 2.75) is 38.6 Å². The van der Waals surface area contributed by atoms with Crippen LogP contribution in [0.25, 0.3) is 5.69 Å². The van der Waals surface area contributed by atoms with Gasteiger partial charge in [0.15, 0.2) is 5.69 Å². The van der Waals surface area contributed by atoms with E-state index in [4.69, 9.17) is 4.52 Å². The smallest absolute Gasteiger partial charge is 0.276 e. The average Bonchev–Trinajstić information content (AvgIpc) is 3.38. The molecule has 1 aromatic carbocycles. The quantitative estimate of drug-likeness (QED) is 0.727. The van der Waals surface area contributed by atoms with Gasteiger partial charge in [0.05, 0.1) is 16.9 Å². The summed E-state index contributed by atoms with van der Waals surface area (Å²) in [6.45, 7) is 5.62. The van der Waals surface area contributed by atoms with E-state index >= 15 is 0 Å². The van der Waals surface area contributed by atoms with Crippen LogP contribution < -0.4 is 5.32 Å². The van der Waals surface area contributed by atoms with Gasteiger partial charge in [-0.25, -0.2) is 0 Å². The number of aromatic nitrogens is 2. The second-order valence-corrected chi connectivity index (χ2v) is 8.56. The van der Waals surface area contributed by atoms with Crippen molar-refractivity contribution in [2.75, 3.05) is 18.4 Å². The van der Waals surface area contributed by atoms with Gasteiger partial charge in [0.25, 0.3) is 5.91 Å². The Balaban J connectivity index is 1.34.